The third-order valence-corrected chi connectivity index (χ3v) is 4.94. The van der Waals surface area contributed by atoms with Crippen LogP contribution in [0.4, 0.5) is 0 Å². The summed E-state index contributed by atoms with van der Waals surface area (Å²) < 4.78 is 1.19. The molecule has 1 unspecified atom stereocenters. The summed E-state index contributed by atoms with van der Waals surface area (Å²) in [6, 6.07) is 13.4. The van der Waals surface area contributed by atoms with Crippen molar-refractivity contribution in [3.05, 3.63) is 56.7 Å². The van der Waals surface area contributed by atoms with Gasteiger partial charge in [0.05, 0.1) is 0 Å². The van der Waals surface area contributed by atoms with Gasteiger partial charge in [0, 0.05) is 20.8 Å². The van der Waals surface area contributed by atoms with E-state index >= 15 is 0 Å². The van der Waals surface area contributed by atoms with Crippen LogP contribution in [0.15, 0.2) is 46.3 Å². The predicted octanol–water partition coefficient (Wildman–Crippen LogP) is 5.18. The predicted molar refractivity (Wildman–Crippen MR) is 87.8 cm³/mol. The monoisotopic (exact) mass is 337 g/mol. The van der Waals surface area contributed by atoms with Crippen molar-refractivity contribution in [3.8, 4) is 0 Å². The van der Waals surface area contributed by atoms with Crippen LogP contribution >= 0.6 is 27.3 Å². The first-order chi connectivity index (χ1) is 9.29. The molecule has 2 rings (SSSR count). The van der Waals surface area contributed by atoms with Crippen molar-refractivity contribution < 1.29 is 0 Å². The second kappa shape index (κ2) is 7.83. The molecule has 1 aromatic carbocycles. The van der Waals surface area contributed by atoms with E-state index in [1.165, 1.54) is 21.3 Å². The number of hydrogen-bond donors (Lipinski definition) is 1. The highest BCUT2D eigenvalue weighted by Gasteiger charge is 2.12. The Morgan fingerprint density at radius 3 is 2.68 bits per heavy atom. The summed E-state index contributed by atoms with van der Waals surface area (Å²) in [7, 11) is 0. The number of rotatable bonds is 7. The molecule has 0 amide bonds. The average Bonchev–Trinajstić information content (AvgIpc) is 2.86. The summed E-state index contributed by atoms with van der Waals surface area (Å²) >= 11 is 5.38. The Morgan fingerprint density at radius 1 is 1.26 bits per heavy atom. The fourth-order valence-corrected chi connectivity index (χ4v) is 3.69. The second-order valence-corrected chi connectivity index (χ2v) is 6.56. The van der Waals surface area contributed by atoms with Gasteiger partial charge >= 0.3 is 0 Å². The molecule has 1 nitrogen and oxygen atoms in total. The summed E-state index contributed by atoms with van der Waals surface area (Å²) in [5, 5.41) is 5.82. The number of nitrogens with one attached hydrogen (secondary N) is 1. The second-order valence-electron chi connectivity index (χ2n) is 4.70. The molecule has 0 saturated heterocycles. The van der Waals surface area contributed by atoms with Crippen LogP contribution < -0.4 is 5.32 Å². The van der Waals surface area contributed by atoms with Gasteiger partial charge in [-0.2, -0.15) is 0 Å². The van der Waals surface area contributed by atoms with Crippen molar-refractivity contribution in [2.45, 2.75) is 32.2 Å². The fourth-order valence-electron chi connectivity index (χ4n) is 2.13. The highest BCUT2D eigenvalue weighted by atomic mass is 79.9. The highest BCUT2D eigenvalue weighted by molar-refractivity contribution is 9.10. The molecule has 0 saturated carbocycles. The topological polar surface area (TPSA) is 12.0 Å². The first-order valence-corrected chi connectivity index (χ1v) is 8.48. The summed E-state index contributed by atoms with van der Waals surface area (Å²) in [6.07, 6.45) is 3.45. The largest absolute Gasteiger partial charge is 0.309 e. The zero-order valence-corrected chi connectivity index (χ0v) is 13.6. The van der Waals surface area contributed by atoms with E-state index in [1.807, 2.05) is 11.3 Å². The van der Waals surface area contributed by atoms with Crippen LogP contribution in [0.25, 0.3) is 0 Å². The maximum absolute atomic E-state index is 3.66. The molecule has 0 fully saturated rings. The van der Waals surface area contributed by atoms with Gasteiger partial charge < -0.3 is 5.32 Å². The van der Waals surface area contributed by atoms with Crippen LogP contribution in [0, 0.1) is 0 Å². The van der Waals surface area contributed by atoms with Crippen molar-refractivity contribution in [3.63, 3.8) is 0 Å². The minimum absolute atomic E-state index is 0.469. The van der Waals surface area contributed by atoms with Gasteiger partial charge in [0.1, 0.15) is 0 Å². The summed E-state index contributed by atoms with van der Waals surface area (Å²) in [6.45, 7) is 3.29. The van der Waals surface area contributed by atoms with E-state index in [0.29, 0.717) is 6.04 Å². The molecule has 1 N–H and O–H groups in total. The number of thiophene rings is 1. The van der Waals surface area contributed by atoms with E-state index in [4.69, 9.17) is 0 Å². The zero-order valence-electron chi connectivity index (χ0n) is 11.2. The van der Waals surface area contributed by atoms with Crippen LogP contribution in [0.3, 0.4) is 0 Å². The molecule has 2 aromatic rings. The van der Waals surface area contributed by atoms with E-state index in [2.05, 4.69) is 69.9 Å². The molecule has 0 radical (unpaired) electrons. The molecule has 0 spiro atoms. The number of halogens is 1. The number of benzene rings is 1. The lowest BCUT2D eigenvalue weighted by Gasteiger charge is -2.17. The van der Waals surface area contributed by atoms with Gasteiger partial charge in [-0.3, -0.25) is 0 Å². The van der Waals surface area contributed by atoms with Gasteiger partial charge in [0.25, 0.3) is 0 Å². The Labute approximate surface area is 128 Å². The van der Waals surface area contributed by atoms with Gasteiger partial charge in [-0.1, -0.05) is 37.3 Å². The SMILES string of the molecule is CCCNC(CCc1ccccc1)c1cc(Br)cs1. The van der Waals surface area contributed by atoms with E-state index in [9.17, 15) is 0 Å². The maximum Gasteiger partial charge on any atom is 0.0418 e. The van der Waals surface area contributed by atoms with Crippen LogP contribution in [0.1, 0.15) is 36.2 Å². The van der Waals surface area contributed by atoms with E-state index < -0.39 is 0 Å². The van der Waals surface area contributed by atoms with Crippen molar-refractivity contribution in [2.24, 2.45) is 0 Å². The lowest BCUT2D eigenvalue weighted by Crippen LogP contribution is -2.21. The van der Waals surface area contributed by atoms with Crippen molar-refractivity contribution in [1.29, 1.82) is 0 Å². The van der Waals surface area contributed by atoms with E-state index in [1.54, 1.807) is 0 Å². The van der Waals surface area contributed by atoms with Gasteiger partial charge in [-0.25, -0.2) is 0 Å². The normalized spacial score (nSPS) is 12.5. The van der Waals surface area contributed by atoms with Crippen molar-refractivity contribution >= 4 is 27.3 Å². The van der Waals surface area contributed by atoms with Crippen molar-refractivity contribution in [1.82, 2.24) is 5.32 Å². The Balaban J connectivity index is 1.98. The smallest absolute Gasteiger partial charge is 0.0418 e. The molecule has 3 heteroatoms. The molecule has 19 heavy (non-hydrogen) atoms. The standard InChI is InChI=1S/C16H20BrNS/c1-2-10-18-15(16-11-14(17)12-19-16)9-8-13-6-4-3-5-7-13/h3-7,11-12,15,18H,2,8-10H2,1H3. The first-order valence-electron chi connectivity index (χ1n) is 6.81. The van der Waals surface area contributed by atoms with E-state index in [0.717, 1.165) is 19.4 Å². The first kappa shape index (κ1) is 14.8. The Bertz CT molecular complexity index is 481. The molecule has 1 atom stereocenters. The Kier molecular flexibility index (Phi) is 6.08. The van der Waals surface area contributed by atoms with Gasteiger partial charge in [0.15, 0.2) is 0 Å². The average molecular weight is 338 g/mol. The summed E-state index contributed by atoms with van der Waals surface area (Å²) in [4.78, 5) is 1.43. The van der Waals surface area contributed by atoms with Crippen LogP contribution in [-0.2, 0) is 6.42 Å². The lowest BCUT2D eigenvalue weighted by molar-refractivity contribution is 0.506. The molecule has 0 aliphatic heterocycles. The van der Waals surface area contributed by atoms with E-state index in [-0.39, 0.29) is 0 Å². The molecule has 1 aromatic heterocycles. The Morgan fingerprint density at radius 2 is 2.05 bits per heavy atom. The summed E-state index contributed by atoms with van der Waals surface area (Å²) in [5.41, 5.74) is 1.42. The zero-order chi connectivity index (χ0) is 13.5. The molecule has 1 heterocycles. The van der Waals surface area contributed by atoms with Gasteiger partial charge in [-0.05, 0) is 53.4 Å². The molecule has 0 aliphatic rings. The minimum Gasteiger partial charge on any atom is -0.309 e. The van der Waals surface area contributed by atoms with Crippen LogP contribution in [0.5, 0.6) is 0 Å². The van der Waals surface area contributed by atoms with Gasteiger partial charge in [-0.15, -0.1) is 11.3 Å². The summed E-state index contributed by atoms with van der Waals surface area (Å²) in [5.74, 6) is 0. The number of hydrogen-bond acceptors (Lipinski definition) is 2. The molecular formula is C16H20BrNS. The highest BCUT2D eigenvalue weighted by Crippen LogP contribution is 2.28. The van der Waals surface area contributed by atoms with Crippen LogP contribution in [0.2, 0.25) is 0 Å². The van der Waals surface area contributed by atoms with Gasteiger partial charge in [0.2, 0.25) is 0 Å². The number of aryl methyl sites for hydroxylation is 1. The quantitative estimate of drug-likeness (QED) is 0.733. The minimum atomic E-state index is 0.469. The molecule has 0 bridgehead atoms. The Hall–Kier alpha value is -0.640. The third kappa shape index (κ3) is 4.75. The van der Waals surface area contributed by atoms with Crippen molar-refractivity contribution in [2.75, 3.05) is 6.54 Å². The molecule has 102 valence electrons. The fraction of sp³-hybridized carbons (Fsp3) is 0.375. The van der Waals surface area contributed by atoms with Crippen LogP contribution in [-0.4, -0.2) is 6.54 Å². The maximum atomic E-state index is 3.66. The molecule has 0 aliphatic carbocycles. The molecular weight excluding hydrogens is 318 g/mol. The third-order valence-electron chi connectivity index (χ3n) is 3.14. The lowest BCUT2D eigenvalue weighted by atomic mass is 10.0.